The van der Waals surface area contributed by atoms with Crippen LogP contribution in [0.2, 0.25) is 0 Å². The molecule has 34 heavy (non-hydrogen) atoms. The Labute approximate surface area is 220 Å². The SMILES string of the molecule is O=C1Cc2cc(-c3ccc(-c4cncc([N-]S(=O)(=O)c5ccc(F)cc5F)c4)s3)ccc2N1.[Na+]. The molecule has 0 aliphatic carbocycles. The number of carbonyl (C=O) groups excluding carboxylic acids is 1. The normalized spacial score (nSPS) is 12.6. The summed E-state index contributed by atoms with van der Waals surface area (Å²) in [5.41, 5.74) is 3.38. The van der Waals surface area contributed by atoms with E-state index < -0.39 is 26.6 Å². The van der Waals surface area contributed by atoms with Crippen LogP contribution >= 0.6 is 11.3 Å². The molecule has 1 aliphatic heterocycles. The Balaban J connectivity index is 0.00000274. The summed E-state index contributed by atoms with van der Waals surface area (Å²) >= 11 is 1.47. The molecule has 1 aliphatic rings. The van der Waals surface area contributed by atoms with Gasteiger partial charge in [0.2, 0.25) is 5.91 Å². The van der Waals surface area contributed by atoms with Gasteiger partial charge in [0.15, 0.2) is 0 Å². The van der Waals surface area contributed by atoms with E-state index in [-0.39, 0.29) is 41.2 Å². The summed E-state index contributed by atoms with van der Waals surface area (Å²) in [5, 5.41) is 2.80. The first-order valence-electron chi connectivity index (χ1n) is 9.70. The van der Waals surface area contributed by atoms with Gasteiger partial charge in [-0.3, -0.25) is 9.78 Å². The van der Waals surface area contributed by atoms with Crippen LogP contribution in [0.1, 0.15) is 5.56 Å². The summed E-state index contributed by atoms with van der Waals surface area (Å²) in [5.74, 6) is -2.12. The van der Waals surface area contributed by atoms with E-state index in [0.717, 1.165) is 38.7 Å². The summed E-state index contributed by atoms with van der Waals surface area (Å²) in [6, 6.07) is 13.3. The molecule has 0 radical (unpaired) electrons. The summed E-state index contributed by atoms with van der Waals surface area (Å²) in [6.45, 7) is 0. The summed E-state index contributed by atoms with van der Waals surface area (Å²) < 4.78 is 55.7. The van der Waals surface area contributed by atoms with Crippen molar-refractivity contribution in [3.8, 4) is 20.9 Å². The second-order valence-corrected chi connectivity index (χ2v) is 9.99. The summed E-state index contributed by atoms with van der Waals surface area (Å²) in [6.07, 6.45) is 3.17. The van der Waals surface area contributed by atoms with E-state index in [1.165, 1.54) is 23.6 Å². The predicted molar refractivity (Wildman–Crippen MR) is 122 cm³/mol. The van der Waals surface area contributed by atoms with Gasteiger partial charge in [0.1, 0.15) is 21.7 Å². The van der Waals surface area contributed by atoms with Crippen molar-refractivity contribution in [1.29, 1.82) is 0 Å². The van der Waals surface area contributed by atoms with Gasteiger partial charge in [-0.25, -0.2) is 17.2 Å². The molecule has 0 unspecified atom stereocenters. The standard InChI is InChI=1S/C23H14F2N3O3S2.Na/c24-16-2-6-22(18(25)10-16)33(30,31)28-17-8-15(11-26-12-17)21-5-4-20(32-21)13-1-3-19-14(7-13)9-23(29)27-19;/h1-8,10-12H,9H2,(H,27,29);/q-1;+1. The van der Waals surface area contributed by atoms with E-state index in [9.17, 15) is 22.0 Å². The molecular weight excluding hydrogens is 491 g/mol. The van der Waals surface area contributed by atoms with Gasteiger partial charge < -0.3 is 10.0 Å². The molecule has 5 rings (SSSR count). The van der Waals surface area contributed by atoms with Crippen LogP contribution in [0, 0.1) is 11.6 Å². The minimum absolute atomic E-state index is 0. The smallest absolute Gasteiger partial charge is 0.571 e. The zero-order valence-electron chi connectivity index (χ0n) is 17.7. The fraction of sp³-hybridized carbons (Fsp3) is 0.0435. The second kappa shape index (κ2) is 9.55. The van der Waals surface area contributed by atoms with Crippen LogP contribution in [-0.4, -0.2) is 19.3 Å². The Morgan fingerprint density at radius 1 is 0.941 bits per heavy atom. The number of fused-ring (bicyclic) bond motifs is 1. The molecule has 0 spiro atoms. The third kappa shape index (κ3) is 4.91. The number of nitrogens with zero attached hydrogens (tertiary/aromatic N) is 2. The van der Waals surface area contributed by atoms with E-state index in [1.54, 1.807) is 6.20 Å². The van der Waals surface area contributed by atoms with Crippen LogP contribution < -0.4 is 34.9 Å². The molecule has 1 amide bonds. The molecule has 1 N–H and O–H groups in total. The maximum absolute atomic E-state index is 13.9. The molecule has 0 bridgehead atoms. The van der Waals surface area contributed by atoms with Crippen LogP contribution in [0.15, 0.2) is 71.9 Å². The number of pyridine rings is 1. The van der Waals surface area contributed by atoms with Crippen molar-refractivity contribution in [3.05, 3.63) is 88.9 Å². The third-order valence-electron chi connectivity index (χ3n) is 5.03. The Kier molecular flexibility index (Phi) is 6.88. The summed E-state index contributed by atoms with van der Waals surface area (Å²) in [7, 11) is -4.39. The zero-order valence-corrected chi connectivity index (χ0v) is 21.4. The Morgan fingerprint density at radius 3 is 2.47 bits per heavy atom. The van der Waals surface area contributed by atoms with Crippen molar-refractivity contribution in [2.75, 3.05) is 5.32 Å². The van der Waals surface area contributed by atoms with E-state index in [4.69, 9.17) is 0 Å². The number of anilines is 1. The molecule has 4 aromatic rings. The average molecular weight is 506 g/mol. The number of benzene rings is 2. The zero-order chi connectivity index (χ0) is 23.2. The molecule has 166 valence electrons. The number of halogens is 2. The monoisotopic (exact) mass is 505 g/mol. The average Bonchev–Trinajstić information content (AvgIpc) is 3.38. The number of carbonyl (C=O) groups is 1. The van der Waals surface area contributed by atoms with Crippen molar-refractivity contribution in [2.24, 2.45) is 0 Å². The Hall–Kier alpha value is -2.63. The van der Waals surface area contributed by atoms with Gasteiger partial charge in [0.25, 0.3) is 0 Å². The molecule has 3 heterocycles. The predicted octanol–water partition coefficient (Wildman–Crippen LogP) is 2.65. The van der Waals surface area contributed by atoms with Gasteiger partial charge >= 0.3 is 29.6 Å². The first kappa shape index (κ1) is 24.5. The number of amides is 1. The molecule has 0 saturated carbocycles. The van der Waals surface area contributed by atoms with Gasteiger partial charge in [-0.05, 0) is 47.5 Å². The molecule has 0 atom stereocenters. The van der Waals surface area contributed by atoms with Gasteiger partial charge in [-0.1, -0.05) is 12.1 Å². The van der Waals surface area contributed by atoms with Crippen molar-refractivity contribution in [2.45, 2.75) is 11.3 Å². The molecule has 11 heteroatoms. The van der Waals surface area contributed by atoms with Gasteiger partial charge in [0, 0.05) is 39.5 Å². The van der Waals surface area contributed by atoms with E-state index in [1.807, 2.05) is 30.3 Å². The summed E-state index contributed by atoms with van der Waals surface area (Å²) in [4.78, 5) is 16.7. The quantitative estimate of drug-likeness (QED) is 0.423. The van der Waals surface area contributed by atoms with Gasteiger partial charge in [0.05, 0.1) is 11.3 Å². The molecule has 2 aromatic heterocycles. The number of hydrogen-bond donors (Lipinski definition) is 1. The van der Waals surface area contributed by atoms with Crippen molar-refractivity contribution in [1.82, 2.24) is 4.98 Å². The third-order valence-corrected chi connectivity index (χ3v) is 7.55. The maximum Gasteiger partial charge on any atom is 1.00 e. The molecule has 2 aromatic carbocycles. The van der Waals surface area contributed by atoms with Crippen LogP contribution in [0.5, 0.6) is 0 Å². The molecular formula is C23H14F2N3NaO3S2. The van der Waals surface area contributed by atoms with E-state index in [2.05, 4.69) is 15.0 Å². The van der Waals surface area contributed by atoms with Crippen molar-refractivity contribution < 1.29 is 51.6 Å². The molecule has 0 saturated heterocycles. The number of hydrogen-bond acceptors (Lipinski definition) is 5. The van der Waals surface area contributed by atoms with Crippen LogP contribution in [-0.2, 0) is 21.2 Å². The second-order valence-electron chi connectivity index (χ2n) is 7.33. The van der Waals surface area contributed by atoms with Crippen molar-refractivity contribution in [3.63, 3.8) is 0 Å². The van der Waals surface area contributed by atoms with Crippen molar-refractivity contribution >= 4 is 38.6 Å². The van der Waals surface area contributed by atoms with E-state index in [0.29, 0.717) is 18.1 Å². The number of aromatic nitrogens is 1. The van der Waals surface area contributed by atoms with Crippen LogP contribution in [0.25, 0.3) is 25.6 Å². The van der Waals surface area contributed by atoms with Gasteiger partial charge in [-0.15, -0.1) is 17.0 Å². The molecule has 6 nitrogen and oxygen atoms in total. The molecule has 0 fully saturated rings. The number of nitrogens with one attached hydrogen (secondary N) is 1. The number of rotatable bonds is 5. The van der Waals surface area contributed by atoms with Crippen LogP contribution in [0.3, 0.4) is 0 Å². The first-order valence-corrected chi connectivity index (χ1v) is 12.0. The van der Waals surface area contributed by atoms with Crippen LogP contribution in [0.4, 0.5) is 20.2 Å². The number of sulfonamides is 1. The van der Waals surface area contributed by atoms with Gasteiger partial charge in [-0.2, -0.15) is 0 Å². The topological polar surface area (TPSA) is 90.2 Å². The fourth-order valence-electron chi connectivity index (χ4n) is 3.52. The minimum Gasteiger partial charge on any atom is -0.571 e. The maximum atomic E-state index is 13.9. The number of thiophene rings is 1. The minimum atomic E-state index is -4.39. The van der Waals surface area contributed by atoms with E-state index >= 15 is 0 Å². The largest absolute Gasteiger partial charge is 1.00 e. The Bertz CT molecular complexity index is 1520. The first-order chi connectivity index (χ1) is 15.8. The fourth-order valence-corrected chi connectivity index (χ4v) is 5.52. The Morgan fingerprint density at radius 2 is 1.71 bits per heavy atom.